The first-order valence-electron chi connectivity index (χ1n) is 12.1. The molecule has 0 radical (unpaired) electrons. The molecule has 0 aliphatic heterocycles. The van der Waals surface area contributed by atoms with Crippen LogP contribution in [0.5, 0.6) is 0 Å². The standard InChI is InChI=1S/C25H34N2O7/c1-4-33-22(29)25(26-17(3)28,23(30)34-5-2)16-19-14-18-10-9-13-24(11-7-6-8-12-24)20(18)15-21(19)27(31)32/h14-15H,4-13,16H2,1-3H3,(H,26,28). The van der Waals surface area contributed by atoms with Gasteiger partial charge in [0.2, 0.25) is 11.4 Å². The van der Waals surface area contributed by atoms with Crippen molar-refractivity contribution in [3.05, 3.63) is 38.9 Å². The van der Waals surface area contributed by atoms with Gasteiger partial charge >= 0.3 is 11.9 Å². The molecule has 1 aromatic carbocycles. The highest BCUT2D eigenvalue weighted by molar-refractivity contribution is 6.08. The van der Waals surface area contributed by atoms with Crippen molar-refractivity contribution in [1.82, 2.24) is 5.32 Å². The predicted molar refractivity (Wildman–Crippen MR) is 124 cm³/mol. The van der Waals surface area contributed by atoms with Crippen LogP contribution in [0.4, 0.5) is 5.69 Å². The normalized spacial score (nSPS) is 16.9. The Balaban J connectivity index is 2.15. The summed E-state index contributed by atoms with van der Waals surface area (Å²) in [7, 11) is 0. The highest BCUT2D eigenvalue weighted by atomic mass is 16.6. The molecule has 0 heterocycles. The summed E-state index contributed by atoms with van der Waals surface area (Å²) in [6.45, 7) is 4.25. The van der Waals surface area contributed by atoms with Crippen LogP contribution in [0.1, 0.15) is 82.4 Å². The van der Waals surface area contributed by atoms with Gasteiger partial charge in [-0.05, 0) is 68.6 Å². The van der Waals surface area contributed by atoms with E-state index in [9.17, 15) is 24.5 Å². The molecule has 1 fully saturated rings. The number of esters is 2. The number of ether oxygens (including phenoxy) is 2. The number of nitro groups is 1. The van der Waals surface area contributed by atoms with Crippen LogP contribution >= 0.6 is 0 Å². The van der Waals surface area contributed by atoms with Crippen LogP contribution < -0.4 is 5.32 Å². The molecule has 9 nitrogen and oxygen atoms in total. The maximum atomic E-state index is 13.0. The zero-order valence-corrected chi connectivity index (χ0v) is 20.2. The van der Waals surface area contributed by atoms with Gasteiger partial charge < -0.3 is 14.8 Å². The quantitative estimate of drug-likeness (QED) is 0.264. The van der Waals surface area contributed by atoms with Crippen LogP contribution in [0.3, 0.4) is 0 Å². The second-order valence-corrected chi connectivity index (χ2v) is 9.29. The Hall–Kier alpha value is -2.97. The zero-order valence-electron chi connectivity index (χ0n) is 20.2. The molecule has 1 saturated carbocycles. The van der Waals surface area contributed by atoms with Gasteiger partial charge in [0, 0.05) is 25.0 Å². The molecule has 34 heavy (non-hydrogen) atoms. The summed E-state index contributed by atoms with van der Waals surface area (Å²) in [6, 6.07) is 3.39. The van der Waals surface area contributed by atoms with E-state index >= 15 is 0 Å². The Kier molecular flexibility index (Phi) is 7.94. The van der Waals surface area contributed by atoms with Crippen molar-refractivity contribution < 1.29 is 28.8 Å². The van der Waals surface area contributed by atoms with Crippen LogP contribution in [-0.4, -0.2) is 41.5 Å². The van der Waals surface area contributed by atoms with Crippen molar-refractivity contribution in [2.75, 3.05) is 13.2 Å². The molecule has 1 spiro atoms. The monoisotopic (exact) mass is 474 g/mol. The molecule has 2 aliphatic rings. The van der Waals surface area contributed by atoms with Gasteiger partial charge in [-0.3, -0.25) is 14.9 Å². The average Bonchev–Trinajstić information content (AvgIpc) is 2.79. The lowest BCUT2D eigenvalue weighted by Gasteiger charge is -2.42. The number of nitro benzene ring substituents is 1. The Bertz CT molecular complexity index is 948. The molecule has 3 rings (SSSR count). The maximum Gasteiger partial charge on any atom is 0.344 e. The molecular weight excluding hydrogens is 440 g/mol. The van der Waals surface area contributed by atoms with Crippen LogP contribution in [0.2, 0.25) is 0 Å². The van der Waals surface area contributed by atoms with Crippen molar-refractivity contribution in [1.29, 1.82) is 0 Å². The van der Waals surface area contributed by atoms with E-state index in [2.05, 4.69) is 5.32 Å². The number of carbonyl (C=O) groups excluding carboxylic acids is 3. The molecular formula is C25H34N2O7. The largest absolute Gasteiger partial charge is 0.464 e. The van der Waals surface area contributed by atoms with Gasteiger partial charge in [0.1, 0.15) is 0 Å². The summed E-state index contributed by atoms with van der Waals surface area (Å²) in [5.41, 5.74) is -0.190. The summed E-state index contributed by atoms with van der Waals surface area (Å²) in [5.74, 6) is -2.65. The molecule has 2 aliphatic carbocycles. The molecule has 0 atom stereocenters. The molecule has 186 valence electrons. The third kappa shape index (κ3) is 4.93. The number of nitrogens with one attached hydrogen (secondary N) is 1. The molecule has 1 aromatic rings. The van der Waals surface area contributed by atoms with Crippen molar-refractivity contribution in [2.45, 2.75) is 89.5 Å². The first-order valence-corrected chi connectivity index (χ1v) is 12.1. The summed E-state index contributed by atoms with van der Waals surface area (Å²) in [5, 5.41) is 14.6. The van der Waals surface area contributed by atoms with Gasteiger partial charge in [-0.15, -0.1) is 0 Å². The van der Waals surface area contributed by atoms with Gasteiger partial charge in [-0.2, -0.15) is 0 Å². The second-order valence-electron chi connectivity index (χ2n) is 9.29. The average molecular weight is 475 g/mol. The third-order valence-electron chi connectivity index (χ3n) is 7.08. The first kappa shape index (κ1) is 25.6. The number of benzene rings is 1. The SMILES string of the molecule is CCOC(=O)C(Cc1cc2c(cc1[N+](=O)[O-])C1(CCCCC1)CCC2)(NC(C)=O)C(=O)OCC. The highest BCUT2D eigenvalue weighted by Gasteiger charge is 2.51. The molecule has 0 unspecified atom stereocenters. The van der Waals surface area contributed by atoms with E-state index in [0.717, 1.165) is 56.1 Å². The zero-order chi connectivity index (χ0) is 24.9. The lowest BCUT2D eigenvalue weighted by atomic mass is 9.62. The number of fused-ring (bicyclic) bond motifs is 2. The number of aryl methyl sites for hydroxylation is 1. The van der Waals surface area contributed by atoms with E-state index < -0.39 is 34.7 Å². The maximum absolute atomic E-state index is 13.0. The van der Waals surface area contributed by atoms with Crippen molar-refractivity contribution in [3.8, 4) is 0 Å². The fraction of sp³-hybridized carbons (Fsp3) is 0.640. The smallest absolute Gasteiger partial charge is 0.344 e. The lowest BCUT2D eigenvalue weighted by Crippen LogP contribution is -2.62. The van der Waals surface area contributed by atoms with E-state index in [4.69, 9.17) is 9.47 Å². The molecule has 0 aromatic heterocycles. The Labute approximate surface area is 199 Å². The van der Waals surface area contributed by atoms with Gasteiger partial charge in [-0.1, -0.05) is 19.3 Å². The summed E-state index contributed by atoms with van der Waals surface area (Å²) in [4.78, 5) is 49.8. The number of hydrogen-bond acceptors (Lipinski definition) is 7. The molecule has 0 bridgehead atoms. The lowest BCUT2D eigenvalue weighted by molar-refractivity contribution is -0.385. The van der Waals surface area contributed by atoms with E-state index in [1.54, 1.807) is 26.0 Å². The van der Waals surface area contributed by atoms with Crippen LogP contribution in [-0.2, 0) is 42.1 Å². The van der Waals surface area contributed by atoms with Gasteiger partial charge in [-0.25, -0.2) is 9.59 Å². The van der Waals surface area contributed by atoms with Crippen LogP contribution in [0.25, 0.3) is 0 Å². The number of rotatable bonds is 8. The topological polar surface area (TPSA) is 125 Å². The Morgan fingerprint density at radius 3 is 2.15 bits per heavy atom. The minimum absolute atomic E-state index is 0.0334. The number of nitrogens with zero attached hydrogens (tertiary/aromatic N) is 1. The molecule has 1 N–H and O–H groups in total. The summed E-state index contributed by atoms with van der Waals surface area (Å²) < 4.78 is 10.3. The van der Waals surface area contributed by atoms with Crippen LogP contribution in [0.15, 0.2) is 12.1 Å². The first-order chi connectivity index (χ1) is 16.2. The molecule has 9 heteroatoms. The summed E-state index contributed by atoms with van der Waals surface area (Å²) >= 11 is 0. The Morgan fingerprint density at radius 2 is 1.62 bits per heavy atom. The van der Waals surface area contributed by atoms with Gasteiger partial charge in [0.25, 0.3) is 5.69 Å². The Morgan fingerprint density at radius 1 is 1.03 bits per heavy atom. The fourth-order valence-corrected chi connectivity index (χ4v) is 5.66. The minimum Gasteiger partial charge on any atom is -0.464 e. The van der Waals surface area contributed by atoms with E-state index in [-0.39, 0.29) is 29.9 Å². The number of hydrogen-bond donors (Lipinski definition) is 1. The van der Waals surface area contributed by atoms with Gasteiger partial charge in [0.05, 0.1) is 18.1 Å². The number of carbonyl (C=O) groups is 3. The van der Waals surface area contributed by atoms with E-state index in [1.807, 2.05) is 0 Å². The van der Waals surface area contributed by atoms with E-state index in [1.165, 1.54) is 13.3 Å². The second kappa shape index (κ2) is 10.5. The molecule has 0 saturated heterocycles. The van der Waals surface area contributed by atoms with Gasteiger partial charge in [0.15, 0.2) is 0 Å². The summed E-state index contributed by atoms with van der Waals surface area (Å²) in [6.07, 6.45) is 7.74. The highest BCUT2D eigenvalue weighted by Crippen LogP contribution is 2.49. The predicted octanol–water partition coefficient (Wildman–Crippen LogP) is 3.68. The molecule has 1 amide bonds. The third-order valence-corrected chi connectivity index (χ3v) is 7.08. The minimum atomic E-state index is -2.21. The van der Waals surface area contributed by atoms with Crippen molar-refractivity contribution in [2.24, 2.45) is 0 Å². The van der Waals surface area contributed by atoms with Crippen molar-refractivity contribution in [3.63, 3.8) is 0 Å². The van der Waals surface area contributed by atoms with E-state index in [0.29, 0.717) is 0 Å². The number of amides is 1. The van der Waals surface area contributed by atoms with Crippen molar-refractivity contribution >= 4 is 23.5 Å². The fourth-order valence-electron chi connectivity index (χ4n) is 5.66. The van der Waals surface area contributed by atoms with Crippen LogP contribution in [0, 0.1) is 10.1 Å².